The molecule has 0 spiro atoms. The molecule has 10 heteroatoms. The molecule has 2 aromatic heterocycles. The number of carbonyl (C=O) groups is 1. The van der Waals surface area contributed by atoms with Gasteiger partial charge in [-0.15, -0.1) is 0 Å². The normalized spacial score (nSPS) is 11.9. The standard InChI is InChI=1S/C16H18N4O4S2/c1-9(2)13-14(20-16(17-13)25-10(3)18-20)26(22,23)19-12-7-5-6-11(8-12)15(21)24-4/h5-9,19H,1-4H3. The number of hydrogen-bond acceptors (Lipinski definition) is 7. The summed E-state index contributed by atoms with van der Waals surface area (Å²) in [5.74, 6) is -0.645. The quantitative estimate of drug-likeness (QED) is 0.668. The molecule has 2 heterocycles. The van der Waals surface area contributed by atoms with Crippen molar-refractivity contribution in [2.24, 2.45) is 0 Å². The Morgan fingerprint density at radius 2 is 2.08 bits per heavy atom. The molecular formula is C16H18N4O4S2. The molecule has 0 fully saturated rings. The van der Waals surface area contributed by atoms with E-state index in [-0.39, 0.29) is 22.2 Å². The highest BCUT2D eigenvalue weighted by Crippen LogP contribution is 2.28. The zero-order chi connectivity index (χ0) is 19.1. The first-order valence-electron chi connectivity index (χ1n) is 7.80. The average molecular weight is 394 g/mol. The van der Waals surface area contributed by atoms with Gasteiger partial charge in [0, 0.05) is 5.69 Å². The molecule has 1 aromatic carbocycles. The van der Waals surface area contributed by atoms with Gasteiger partial charge in [-0.05, 0) is 31.0 Å². The zero-order valence-electron chi connectivity index (χ0n) is 14.7. The number of hydrogen-bond donors (Lipinski definition) is 1. The minimum absolute atomic E-state index is 0.00956. The second-order valence-corrected chi connectivity index (χ2v) is 8.71. The van der Waals surface area contributed by atoms with Crippen molar-refractivity contribution in [3.8, 4) is 0 Å². The number of methoxy groups -OCH3 is 1. The fourth-order valence-corrected chi connectivity index (χ4v) is 4.75. The Kier molecular flexibility index (Phi) is 4.72. The van der Waals surface area contributed by atoms with Crippen LogP contribution < -0.4 is 4.72 Å². The van der Waals surface area contributed by atoms with Gasteiger partial charge in [0.25, 0.3) is 10.0 Å². The van der Waals surface area contributed by atoms with Crippen LogP contribution in [0.3, 0.4) is 0 Å². The summed E-state index contributed by atoms with van der Waals surface area (Å²) in [7, 11) is -2.70. The number of carbonyl (C=O) groups excluding carboxylic acids is 1. The Balaban J connectivity index is 2.07. The smallest absolute Gasteiger partial charge is 0.337 e. The lowest BCUT2D eigenvalue weighted by Crippen LogP contribution is -2.18. The summed E-state index contributed by atoms with van der Waals surface area (Å²) in [6.07, 6.45) is 0. The summed E-state index contributed by atoms with van der Waals surface area (Å²) < 4.78 is 34.6. The van der Waals surface area contributed by atoms with Crippen LogP contribution in [0.5, 0.6) is 0 Å². The number of anilines is 1. The molecule has 8 nitrogen and oxygen atoms in total. The monoisotopic (exact) mass is 394 g/mol. The van der Waals surface area contributed by atoms with Crippen molar-refractivity contribution in [3.63, 3.8) is 0 Å². The molecule has 0 saturated heterocycles. The number of fused-ring (bicyclic) bond motifs is 1. The summed E-state index contributed by atoms with van der Waals surface area (Å²) in [5, 5.41) is 4.99. The van der Waals surface area contributed by atoms with Gasteiger partial charge in [0.1, 0.15) is 5.01 Å². The lowest BCUT2D eigenvalue weighted by Gasteiger charge is -2.11. The lowest BCUT2D eigenvalue weighted by atomic mass is 10.2. The van der Waals surface area contributed by atoms with Gasteiger partial charge in [-0.2, -0.15) is 18.0 Å². The van der Waals surface area contributed by atoms with E-state index in [0.29, 0.717) is 15.7 Å². The minimum Gasteiger partial charge on any atom is -0.465 e. The van der Waals surface area contributed by atoms with Crippen LogP contribution in [0.4, 0.5) is 5.69 Å². The maximum atomic E-state index is 13.0. The number of rotatable bonds is 5. The number of nitrogens with zero attached hydrogens (tertiary/aromatic N) is 3. The number of benzene rings is 1. The zero-order valence-corrected chi connectivity index (χ0v) is 16.3. The molecule has 0 radical (unpaired) electrons. The van der Waals surface area contributed by atoms with E-state index in [4.69, 9.17) is 0 Å². The Morgan fingerprint density at radius 3 is 2.73 bits per heavy atom. The van der Waals surface area contributed by atoms with Crippen LogP contribution >= 0.6 is 11.3 Å². The molecule has 0 atom stereocenters. The second kappa shape index (κ2) is 6.69. The largest absolute Gasteiger partial charge is 0.465 e. The second-order valence-electron chi connectivity index (χ2n) is 5.95. The van der Waals surface area contributed by atoms with Gasteiger partial charge in [-0.1, -0.05) is 31.3 Å². The van der Waals surface area contributed by atoms with Crippen LogP contribution in [0.15, 0.2) is 29.3 Å². The van der Waals surface area contributed by atoms with Crippen molar-refractivity contribution in [1.82, 2.24) is 14.6 Å². The van der Waals surface area contributed by atoms with E-state index in [2.05, 4.69) is 19.5 Å². The van der Waals surface area contributed by atoms with E-state index in [0.717, 1.165) is 0 Å². The molecule has 138 valence electrons. The van der Waals surface area contributed by atoms with E-state index < -0.39 is 16.0 Å². The third-order valence-corrected chi connectivity index (χ3v) is 5.85. The van der Waals surface area contributed by atoms with Crippen molar-refractivity contribution >= 4 is 38.0 Å². The molecule has 3 aromatic rings. The van der Waals surface area contributed by atoms with E-state index in [1.807, 2.05) is 13.8 Å². The maximum Gasteiger partial charge on any atom is 0.337 e. The number of sulfonamides is 1. The number of aryl methyl sites for hydroxylation is 1. The Hall–Kier alpha value is -2.46. The fraction of sp³-hybridized carbons (Fsp3) is 0.312. The lowest BCUT2D eigenvalue weighted by molar-refractivity contribution is 0.0601. The highest BCUT2D eigenvalue weighted by molar-refractivity contribution is 7.92. The predicted octanol–water partition coefficient (Wildman–Crippen LogP) is 2.81. The maximum absolute atomic E-state index is 13.0. The van der Waals surface area contributed by atoms with Crippen molar-refractivity contribution in [1.29, 1.82) is 0 Å². The first-order valence-corrected chi connectivity index (χ1v) is 10.1. The van der Waals surface area contributed by atoms with E-state index in [9.17, 15) is 13.2 Å². The average Bonchev–Trinajstić information content (AvgIpc) is 3.09. The number of ether oxygens (including phenoxy) is 1. The summed E-state index contributed by atoms with van der Waals surface area (Å²) in [6.45, 7) is 5.53. The van der Waals surface area contributed by atoms with Crippen molar-refractivity contribution in [2.45, 2.75) is 31.7 Å². The van der Waals surface area contributed by atoms with Gasteiger partial charge < -0.3 is 4.74 Å². The summed E-state index contributed by atoms with van der Waals surface area (Å²) in [5.41, 5.74) is 0.949. The molecule has 0 saturated carbocycles. The summed E-state index contributed by atoms with van der Waals surface area (Å²) >= 11 is 1.32. The van der Waals surface area contributed by atoms with Gasteiger partial charge in [0.2, 0.25) is 9.99 Å². The third-order valence-electron chi connectivity index (χ3n) is 3.63. The molecule has 3 rings (SSSR count). The van der Waals surface area contributed by atoms with Gasteiger partial charge in [-0.25, -0.2) is 9.78 Å². The van der Waals surface area contributed by atoms with Crippen LogP contribution in [0, 0.1) is 6.92 Å². The highest BCUT2D eigenvalue weighted by atomic mass is 32.2. The van der Waals surface area contributed by atoms with E-state index in [1.165, 1.54) is 29.0 Å². The van der Waals surface area contributed by atoms with Crippen LogP contribution in [0.25, 0.3) is 4.96 Å². The molecule has 0 amide bonds. The van der Waals surface area contributed by atoms with Gasteiger partial charge in [0.15, 0.2) is 0 Å². The highest BCUT2D eigenvalue weighted by Gasteiger charge is 2.29. The fourth-order valence-electron chi connectivity index (χ4n) is 2.50. The molecule has 0 aliphatic carbocycles. The summed E-state index contributed by atoms with van der Waals surface area (Å²) in [6, 6.07) is 6.10. The molecule has 0 aliphatic heterocycles. The van der Waals surface area contributed by atoms with Crippen LogP contribution in [0.2, 0.25) is 0 Å². The van der Waals surface area contributed by atoms with E-state index in [1.54, 1.807) is 25.1 Å². The Labute approximate surface area is 154 Å². The van der Waals surface area contributed by atoms with Crippen LogP contribution in [-0.4, -0.2) is 36.1 Å². The first kappa shape index (κ1) is 18.3. The van der Waals surface area contributed by atoms with Gasteiger partial charge in [0.05, 0.1) is 18.4 Å². The predicted molar refractivity (Wildman–Crippen MR) is 98.3 cm³/mol. The molecular weight excluding hydrogens is 376 g/mol. The molecule has 0 aliphatic rings. The van der Waals surface area contributed by atoms with E-state index >= 15 is 0 Å². The summed E-state index contributed by atoms with van der Waals surface area (Å²) in [4.78, 5) is 16.6. The van der Waals surface area contributed by atoms with Crippen molar-refractivity contribution in [3.05, 3.63) is 40.5 Å². The molecule has 1 N–H and O–H groups in total. The van der Waals surface area contributed by atoms with Gasteiger partial charge in [-0.3, -0.25) is 4.72 Å². The first-order chi connectivity index (χ1) is 12.2. The minimum atomic E-state index is -3.97. The Bertz CT molecular complexity index is 1080. The Morgan fingerprint density at radius 1 is 1.35 bits per heavy atom. The topological polar surface area (TPSA) is 103 Å². The number of aromatic nitrogens is 3. The van der Waals surface area contributed by atoms with Crippen LogP contribution in [-0.2, 0) is 14.8 Å². The molecule has 0 unspecified atom stereocenters. The van der Waals surface area contributed by atoms with Crippen molar-refractivity contribution in [2.75, 3.05) is 11.8 Å². The number of esters is 1. The van der Waals surface area contributed by atoms with Gasteiger partial charge >= 0.3 is 5.97 Å². The molecule has 0 bridgehead atoms. The van der Waals surface area contributed by atoms with Crippen LogP contribution in [0.1, 0.15) is 40.8 Å². The number of imidazole rings is 1. The third kappa shape index (κ3) is 3.29. The number of nitrogens with one attached hydrogen (secondary N) is 1. The van der Waals surface area contributed by atoms with Crippen molar-refractivity contribution < 1.29 is 17.9 Å². The molecule has 26 heavy (non-hydrogen) atoms. The SMILES string of the molecule is COC(=O)c1cccc(NS(=O)(=O)c2c(C(C)C)nc3sc(C)nn23)c1.